The van der Waals surface area contributed by atoms with Gasteiger partial charge < -0.3 is 14.8 Å². The number of carboxylic acids is 2. The molecule has 0 saturated heterocycles. The molecule has 1 aliphatic rings. The predicted molar refractivity (Wildman–Crippen MR) is 55.7 cm³/mol. The molecule has 16 heavy (non-hydrogen) atoms. The summed E-state index contributed by atoms with van der Waals surface area (Å²) in [6, 6.07) is 0. The summed E-state index contributed by atoms with van der Waals surface area (Å²) in [7, 11) is 0. The number of aryl methyl sites for hydroxylation is 2. The van der Waals surface area contributed by atoms with E-state index in [9.17, 15) is 9.59 Å². The molecule has 2 N–H and O–H groups in total. The van der Waals surface area contributed by atoms with E-state index in [1.165, 1.54) is 0 Å². The van der Waals surface area contributed by atoms with Crippen molar-refractivity contribution in [1.29, 1.82) is 0 Å². The Morgan fingerprint density at radius 2 is 2.12 bits per heavy atom. The van der Waals surface area contributed by atoms with Gasteiger partial charge in [0.05, 0.1) is 11.5 Å². The van der Waals surface area contributed by atoms with Crippen molar-refractivity contribution < 1.29 is 19.8 Å². The van der Waals surface area contributed by atoms with Crippen LogP contribution in [0.3, 0.4) is 0 Å². The highest BCUT2D eigenvalue weighted by atomic mass is 16.4. The lowest BCUT2D eigenvalue weighted by atomic mass is 9.93. The normalized spacial score (nSPS) is 19.2. The van der Waals surface area contributed by atoms with Crippen molar-refractivity contribution in [3.8, 4) is 0 Å². The van der Waals surface area contributed by atoms with Gasteiger partial charge in [-0.3, -0.25) is 4.79 Å². The fraction of sp³-hybridized carbons (Fsp3) is 0.455. The topological polar surface area (TPSA) is 79.5 Å². The second-order valence-electron chi connectivity index (χ2n) is 4.10. The smallest absolute Gasteiger partial charge is 0.337 e. The molecule has 1 unspecified atom stereocenters. The van der Waals surface area contributed by atoms with Crippen molar-refractivity contribution in [3.05, 3.63) is 23.0 Å². The Morgan fingerprint density at radius 1 is 1.44 bits per heavy atom. The summed E-state index contributed by atoms with van der Waals surface area (Å²) in [5.74, 6) is -2.67. The largest absolute Gasteiger partial charge is 0.481 e. The van der Waals surface area contributed by atoms with Crippen molar-refractivity contribution in [2.75, 3.05) is 0 Å². The third-order valence-corrected chi connectivity index (χ3v) is 3.04. The zero-order valence-electron chi connectivity index (χ0n) is 8.93. The third-order valence-electron chi connectivity index (χ3n) is 3.04. The molecule has 0 amide bonds. The van der Waals surface area contributed by atoms with Crippen molar-refractivity contribution in [1.82, 2.24) is 4.57 Å². The minimum absolute atomic E-state index is 0.159. The molecule has 0 spiro atoms. The highest BCUT2D eigenvalue weighted by Gasteiger charge is 2.32. The van der Waals surface area contributed by atoms with Crippen LogP contribution in [0.2, 0.25) is 0 Å². The molecule has 1 aliphatic heterocycles. The van der Waals surface area contributed by atoms with Crippen molar-refractivity contribution in [3.63, 3.8) is 0 Å². The highest BCUT2D eigenvalue weighted by molar-refractivity contribution is 5.93. The molecule has 5 heteroatoms. The molecule has 0 bridgehead atoms. The zero-order chi connectivity index (χ0) is 11.9. The lowest BCUT2D eigenvalue weighted by Crippen LogP contribution is -2.23. The number of aliphatic carboxylic acids is 1. The number of aromatic nitrogens is 1. The van der Waals surface area contributed by atoms with Gasteiger partial charge in [0.1, 0.15) is 0 Å². The van der Waals surface area contributed by atoms with Gasteiger partial charge in [-0.15, -0.1) is 0 Å². The molecule has 0 fully saturated rings. The molecular formula is C11H13NO4. The molecule has 1 aromatic heterocycles. The third kappa shape index (κ3) is 1.48. The summed E-state index contributed by atoms with van der Waals surface area (Å²) < 4.78 is 1.76. The zero-order valence-corrected chi connectivity index (χ0v) is 8.93. The molecule has 0 radical (unpaired) electrons. The molecule has 1 aromatic rings. The number of hydrogen-bond acceptors (Lipinski definition) is 2. The minimum Gasteiger partial charge on any atom is -0.481 e. The number of nitrogens with zero attached hydrogens (tertiary/aromatic N) is 1. The maximum atomic E-state index is 11.1. The van der Waals surface area contributed by atoms with E-state index >= 15 is 0 Å². The maximum absolute atomic E-state index is 11.1. The van der Waals surface area contributed by atoms with Crippen LogP contribution in [-0.2, 0) is 11.3 Å². The summed E-state index contributed by atoms with van der Waals surface area (Å²) in [5.41, 5.74) is 1.24. The van der Waals surface area contributed by atoms with Crippen LogP contribution in [0.25, 0.3) is 0 Å². The van der Waals surface area contributed by atoms with E-state index < -0.39 is 17.9 Å². The first-order valence-electron chi connectivity index (χ1n) is 5.18. The van der Waals surface area contributed by atoms with Gasteiger partial charge in [0, 0.05) is 18.4 Å². The van der Waals surface area contributed by atoms with Gasteiger partial charge in [0.15, 0.2) is 0 Å². The summed E-state index contributed by atoms with van der Waals surface area (Å²) >= 11 is 0. The highest BCUT2D eigenvalue weighted by Crippen LogP contribution is 2.33. The van der Waals surface area contributed by atoms with Gasteiger partial charge in [-0.1, -0.05) is 0 Å². The van der Waals surface area contributed by atoms with Gasteiger partial charge in [-0.25, -0.2) is 4.79 Å². The second-order valence-corrected chi connectivity index (χ2v) is 4.10. The number of hydrogen-bond donors (Lipinski definition) is 2. The minimum atomic E-state index is -1.04. The van der Waals surface area contributed by atoms with Crippen molar-refractivity contribution in [2.45, 2.75) is 32.2 Å². The Bertz CT molecular complexity index is 461. The molecule has 0 saturated carbocycles. The number of carbonyl (C=O) groups is 2. The van der Waals surface area contributed by atoms with Gasteiger partial charge in [0.2, 0.25) is 0 Å². The molecule has 86 valence electrons. The lowest BCUT2D eigenvalue weighted by molar-refractivity contribution is -0.139. The van der Waals surface area contributed by atoms with Crippen LogP contribution >= 0.6 is 0 Å². The van der Waals surface area contributed by atoms with Crippen LogP contribution in [0.1, 0.15) is 40.4 Å². The molecule has 0 aromatic carbocycles. The number of carboxylic acid groups (broad SMARTS) is 2. The van der Waals surface area contributed by atoms with Crippen LogP contribution in [0.4, 0.5) is 0 Å². The Morgan fingerprint density at radius 3 is 2.69 bits per heavy atom. The van der Waals surface area contributed by atoms with Crippen LogP contribution in [0.5, 0.6) is 0 Å². The second kappa shape index (κ2) is 3.66. The van der Waals surface area contributed by atoms with E-state index in [-0.39, 0.29) is 5.56 Å². The van der Waals surface area contributed by atoms with E-state index in [0.29, 0.717) is 24.2 Å². The Balaban J connectivity index is 2.61. The van der Waals surface area contributed by atoms with E-state index in [1.807, 2.05) is 0 Å². The first-order chi connectivity index (χ1) is 7.52. The quantitative estimate of drug-likeness (QED) is 0.795. The van der Waals surface area contributed by atoms with Crippen LogP contribution in [0, 0.1) is 6.92 Å². The molecular weight excluding hydrogens is 210 g/mol. The van der Waals surface area contributed by atoms with Crippen molar-refractivity contribution >= 4 is 11.9 Å². The molecule has 2 heterocycles. The summed E-state index contributed by atoms with van der Waals surface area (Å²) in [6.07, 6.45) is 3.02. The fourth-order valence-corrected chi connectivity index (χ4v) is 2.39. The fourth-order valence-electron chi connectivity index (χ4n) is 2.39. The van der Waals surface area contributed by atoms with Crippen molar-refractivity contribution in [2.24, 2.45) is 0 Å². The SMILES string of the molecule is Cc1cn2c(c1C(=O)O)C(C(=O)O)CCC2. The molecule has 2 rings (SSSR count). The van der Waals surface area contributed by atoms with Crippen LogP contribution in [0.15, 0.2) is 6.20 Å². The Kier molecular flexibility index (Phi) is 2.46. The summed E-state index contributed by atoms with van der Waals surface area (Å²) in [4.78, 5) is 22.2. The van der Waals surface area contributed by atoms with E-state index in [1.54, 1.807) is 17.7 Å². The van der Waals surface area contributed by atoms with Gasteiger partial charge in [0.25, 0.3) is 0 Å². The van der Waals surface area contributed by atoms with Gasteiger partial charge >= 0.3 is 11.9 Å². The van der Waals surface area contributed by atoms with Crippen LogP contribution in [-0.4, -0.2) is 26.7 Å². The lowest BCUT2D eigenvalue weighted by Gasteiger charge is -2.22. The average molecular weight is 223 g/mol. The van der Waals surface area contributed by atoms with Gasteiger partial charge in [-0.2, -0.15) is 0 Å². The standard InChI is InChI=1S/C11H13NO4/c1-6-5-12-4-2-3-7(10(13)14)9(12)8(6)11(15)16/h5,7H,2-4H2,1H3,(H,13,14)(H,15,16). The Hall–Kier alpha value is -1.78. The first-order valence-corrected chi connectivity index (χ1v) is 5.18. The first kappa shape index (κ1) is 10.7. The number of rotatable bonds is 2. The monoisotopic (exact) mass is 223 g/mol. The summed E-state index contributed by atoms with van der Waals surface area (Å²) in [6.45, 7) is 2.40. The van der Waals surface area contributed by atoms with E-state index in [2.05, 4.69) is 0 Å². The predicted octanol–water partition coefficient (Wildman–Crippen LogP) is 1.46. The van der Waals surface area contributed by atoms with E-state index in [4.69, 9.17) is 10.2 Å². The molecule has 1 atom stereocenters. The molecule has 5 nitrogen and oxygen atoms in total. The number of fused-ring (bicyclic) bond motifs is 1. The van der Waals surface area contributed by atoms with Crippen LogP contribution < -0.4 is 0 Å². The molecule has 0 aliphatic carbocycles. The maximum Gasteiger partial charge on any atom is 0.337 e. The number of aromatic carboxylic acids is 1. The Labute approximate surface area is 92.3 Å². The summed E-state index contributed by atoms with van der Waals surface area (Å²) in [5, 5.41) is 18.2. The van der Waals surface area contributed by atoms with E-state index in [0.717, 1.165) is 6.42 Å². The van der Waals surface area contributed by atoms with Gasteiger partial charge in [-0.05, 0) is 25.3 Å². The average Bonchev–Trinajstić information content (AvgIpc) is 2.52.